The Morgan fingerprint density at radius 1 is 1.00 bits per heavy atom. The van der Waals surface area contributed by atoms with Crippen LogP contribution in [0.1, 0.15) is 40.0 Å². The van der Waals surface area contributed by atoms with Crippen LogP contribution in [0.4, 0.5) is 0 Å². The molecule has 0 bridgehead atoms. The number of nitrogens with one attached hydrogen (secondary N) is 1. The van der Waals surface area contributed by atoms with Crippen LogP contribution in [0.25, 0.3) is 0 Å². The van der Waals surface area contributed by atoms with E-state index in [0.29, 0.717) is 6.04 Å². The molecule has 1 heterocycles. The molecule has 1 N–H and O–H groups in total. The summed E-state index contributed by atoms with van der Waals surface area (Å²) in [6.07, 6.45) is 4.07. The molecular weight excluding hydrogens is 210 g/mol. The molecule has 2 atom stereocenters. The summed E-state index contributed by atoms with van der Waals surface area (Å²) in [7, 11) is 0. The molecule has 2 fully saturated rings. The van der Waals surface area contributed by atoms with Gasteiger partial charge in [0.1, 0.15) is 0 Å². The molecule has 0 spiro atoms. The standard InChI is InChI=1S/C14H29N3/c1-4-12(2)16-7-9-17(10-8-16)13(3)11-15-14-5-6-14/h12-15H,4-11H2,1-3H3. The van der Waals surface area contributed by atoms with Crippen LogP contribution in [0.3, 0.4) is 0 Å². The third-order valence-electron chi connectivity index (χ3n) is 4.47. The molecule has 1 saturated heterocycles. The number of rotatable bonds is 6. The average molecular weight is 239 g/mol. The Morgan fingerprint density at radius 2 is 1.53 bits per heavy atom. The van der Waals surface area contributed by atoms with Crippen LogP contribution in [-0.2, 0) is 0 Å². The van der Waals surface area contributed by atoms with Gasteiger partial charge in [0.15, 0.2) is 0 Å². The summed E-state index contributed by atoms with van der Waals surface area (Å²) in [5, 5.41) is 3.64. The summed E-state index contributed by atoms with van der Waals surface area (Å²) < 4.78 is 0. The maximum atomic E-state index is 3.64. The average Bonchev–Trinajstić information content (AvgIpc) is 3.19. The quantitative estimate of drug-likeness (QED) is 0.758. The fraction of sp³-hybridized carbons (Fsp3) is 1.00. The molecule has 3 heteroatoms. The first-order chi connectivity index (χ1) is 8.20. The molecule has 2 rings (SSSR count). The molecule has 0 aromatic rings. The van der Waals surface area contributed by atoms with Crippen LogP contribution >= 0.6 is 0 Å². The second kappa shape index (κ2) is 6.17. The lowest BCUT2D eigenvalue weighted by molar-refractivity contribution is 0.0770. The van der Waals surface area contributed by atoms with E-state index in [2.05, 4.69) is 35.9 Å². The van der Waals surface area contributed by atoms with Gasteiger partial charge in [-0.3, -0.25) is 9.80 Å². The number of hydrogen-bond donors (Lipinski definition) is 1. The lowest BCUT2D eigenvalue weighted by Gasteiger charge is -2.40. The monoisotopic (exact) mass is 239 g/mol. The van der Waals surface area contributed by atoms with Crippen molar-refractivity contribution in [3.63, 3.8) is 0 Å². The van der Waals surface area contributed by atoms with Crippen LogP contribution in [0.2, 0.25) is 0 Å². The molecule has 100 valence electrons. The van der Waals surface area contributed by atoms with E-state index < -0.39 is 0 Å². The molecule has 2 unspecified atom stereocenters. The molecular formula is C14H29N3. The summed E-state index contributed by atoms with van der Waals surface area (Å²) >= 11 is 0. The minimum absolute atomic E-state index is 0.703. The fourth-order valence-corrected chi connectivity index (χ4v) is 2.63. The number of piperazine rings is 1. The van der Waals surface area contributed by atoms with Gasteiger partial charge >= 0.3 is 0 Å². The second-order valence-electron chi connectivity index (χ2n) is 5.86. The largest absolute Gasteiger partial charge is 0.312 e. The van der Waals surface area contributed by atoms with Crippen molar-refractivity contribution in [2.75, 3.05) is 32.7 Å². The van der Waals surface area contributed by atoms with Crippen LogP contribution in [0.5, 0.6) is 0 Å². The lowest BCUT2D eigenvalue weighted by Crippen LogP contribution is -2.53. The Morgan fingerprint density at radius 3 is 2.00 bits per heavy atom. The van der Waals surface area contributed by atoms with Crippen LogP contribution < -0.4 is 5.32 Å². The van der Waals surface area contributed by atoms with Crippen molar-refractivity contribution in [1.29, 1.82) is 0 Å². The van der Waals surface area contributed by atoms with E-state index >= 15 is 0 Å². The van der Waals surface area contributed by atoms with Gasteiger partial charge in [-0.15, -0.1) is 0 Å². The highest BCUT2D eigenvalue weighted by atomic mass is 15.3. The van der Waals surface area contributed by atoms with E-state index in [1.807, 2.05) is 0 Å². The van der Waals surface area contributed by atoms with E-state index in [1.54, 1.807) is 0 Å². The topological polar surface area (TPSA) is 18.5 Å². The van der Waals surface area contributed by atoms with E-state index in [0.717, 1.165) is 12.1 Å². The van der Waals surface area contributed by atoms with Gasteiger partial charge in [-0.05, 0) is 33.1 Å². The molecule has 1 aliphatic heterocycles. The first kappa shape index (κ1) is 13.3. The van der Waals surface area contributed by atoms with Gasteiger partial charge in [0.2, 0.25) is 0 Å². The molecule has 2 aliphatic rings. The minimum atomic E-state index is 0.703. The molecule has 0 radical (unpaired) electrons. The summed E-state index contributed by atoms with van der Waals surface area (Å²) in [6.45, 7) is 13.2. The van der Waals surface area contributed by atoms with Gasteiger partial charge in [-0.2, -0.15) is 0 Å². The third-order valence-corrected chi connectivity index (χ3v) is 4.47. The molecule has 17 heavy (non-hydrogen) atoms. The fourth-order valence-electron chi connectivity index (χ4n) is 2.63. The molecule has 0 aromatic heterocycles. The molecule has 0 aromatic carbocycles. The highest BCUT2D eigenvalue weighted by Gasteiger charge is 2.25. The van der Waals surface area contributed by atoms with Gasteiger partial charge in [-0.1, -0.05) is 6.92 Å². The van der Waals surface area contributed by atoms with Crippen molar-refractivity contribution >= 4 is 0 Å². The Bertz CT molecular complexity index is 220. The van der Waals surface area contributed by atoms with Crippen molar-refractivity contribution in [2.45, 2.75) is 58.2 Å². The summed E-state index contributed by atoms with van der Waals surface area (Å²) in [6, 6.07) is 2.31. The zero-order chi connectivity index (χ0) is 12.3. The van der Waals surface area contributed by atoms with Gasteiger partial charge in [0.25, 0.3) is 0 Å². The molecule has 0 amide bonds. The molecule has 1 aliphatic carbocycles. The van der Waals surface area contributed by atoms with Crippen LogP contribution in [0.15, 0.2) is 0 Å². The summed E-state index contributed by atoms with van der Waals surface area (Å²) in [5.74, 6) is 0. The van der Waals surface area contributed by atoms with E-state index in [9.17, 15) is 0 Å². The SMILES string of the molecule is CCC(C)N1CCN(C(C)CNC2CC2)CC1. The molecule has 1 saturated carbocycles. The van der Waals surface area contributed by atoms with Gasteiger partial charge < -0.3 is 5.32 Å². The molecule has 3 nitrogen and oxygen atoms in total. The Balaban J connectivity index is 1.66. The van der Waals surface area contributed by atoms with Crippen molar-refractivity contribution < 1.29 is 0 Å². The Labute approximate surface area is 107 Å². The summed E-state index contributed by atoms with van der Waals surface area (Å²) in [4.78, 5) is 5.28. The van der Waals surface area contributed by atoms with Crippen LogP contribution in [-0.4, -0.2) is 60.6 Å². The predicted octanol–water partition coefficient (Wildman–Crippen LogP) is 1.54. The van der Waals surface area contributed by atoms with Gasteiger partial charge in [0, 0.05) is 50.8 Å². The van der Waals surface area contributed by atoms with E-state index in [4.69, 9.17) is 0 Å². The predicted molar refractivity (Wildman–Crippen MR) is 73.4 cm³/mol. The zero-order valence-corrected chi connectivity index (χ0v) is 11.8. The summed E-state index contributed by atoms with van der Waals surface area (Å²) in [5.41, 5.74) is 0. The number of hydrogen-bond acceptors (Lipinski definition) is 3. The van der Waals surface area contributed by atoms with E-state index in [-0.39, 0.29) is 0 Å². The first-order valence-electron chi connectivity index (χ1n) is 7.42. The normalized spacial score (nSPS) is 27.0. The second-order valence-corrected chi connectivity index (χ2v) is 5.86. The maximum Gasteiger partial charge on any atom is 0.0193 e. The Kier molecular flexibility index (Phi) is 4.83. The van der Waals surface area contributed by atoms with E-state index in [1.165, 1.54) is 52.0 Å². The smallest absolute Gasteiger partial charge is 0.0193 e. The van der Waals surface area contributed by atoms with Crippen LogP contribution in [0, 0.1) is 0 Å². The number of nitrogens with zero attached hydrogens (tertiary/aromatic N) is 2. The highest BCUT2D eigenvalue weighted by Crippen LogP contribution is 2.19. The Hall–Kier alpha value is -0.120. The highest BCUT2D eigenvalue weighted by molar-refractivity contribution is 4.84. The minimum Gasteiger partial charge on any atom is -0.312 e. The maximum absolute atomic E-state index is 3.64. The third kappa shape index (κ3) is 3.94. The lowest BCUT2D eigenvalue weighted by atomic mass is 10.1. The van der Waals surface area contributed by atoms with Crippen molar-refractivity contribution in [3.8, 4) is 0 Å². The van der Waals surface area contributed by atoms with Crippen molar-refractivity contribution in [3.05, 3.63) is 0 Å². The van der Waals surface area contributed by atoms with Crippen molar-refractivity contribution in [2.24, 2.45) is 0 Å². The van der Waals surface area contributed by atoms with Crippen molar-refractivity contribution in [1.82, 2.24) is 15.1 Å². The van der Waals surface area contributed by atoms with Gasteiger partial charge in [-0.25, -0.2) is 0 Å². The first-order valence-corrected chi connectivity index (χ1v) is 7.42. The van der Waals surface area contributed by atoms with Gasteiger partial charge in [0.05, 0.1) is 0 Å². The zero-order valence-electron chi connectivity index (χ0n) is 11.8.